The van der Waals surface area contributed by atoms with Crippen molar-refractivity contribution in [2.75, 3.05) is 12.4 Å². The first-order valence-electron chi connectivity index (χ1n) is 7.28. The Morgan fingerprint density at radius 1 is 1.29 bits per heavy atom. The van der Waals surface area contributed by atoms with Gasteiger partial charge in [0, 0.05) is 31.2 Å². The molecule has 0 aromatic heterocycles. The fourth-order valence-electron chi connectivity index (χ4n) is 3.30. The molecule has 1 aromatic rings. The number of amides is 2. The number of carbonyl (C=O) groups is 1. The van der Waals surface area contributed by atoms with Crippen LogP contribution >= 0.6 is 0 Å². The van der Waals surface area contributed by atoms with Crippen LogP contribution < -0.4 is 10.6 Å². The topological polar surface area (TPSA) is 44.4 Å². The van der Waals surface area contributed by atoms with Gasteiger partial charge in [0.25, 0.3) is 0 Å². The van der Waals surface area contributed by atoms with E-state index in [4.69, 9.17) is 0 Å². The van der Waals surface area contributed by atoms with E-state index in [2.05, 4.69) is 10.6 Å². The van der Waals surface area contributed by atoms with Crippen LogP contribution in [0, 0.1) is 11.6 Å². The third-order valence-corrected chi connectivity index (χ3v) is 4.49. The van der Waals surface area contributed by atoms with Gasteiger partial charge in [0.15, 0.2) is 0 Å². The highest BCUT2D eigenvalue weighted by atomic mass is 19.1. The van der Waals surface area contributed by atoms with Crippen LogP contribution in [0.5, 0.6) is 0 Å². The van der Waals surface area contributed by atoms with E-state index in [1.807, 2.05) is 0 Å². The first-order valence-corrected chi connectivity index (χ1v) is 7.28. The summed E-state index contributed by atoms with van der Waals surface area (Å²) >= 11 is 0. The van der Waals surface area contributed by atoms with Gasteiger partial charge in [0.05, 0.1) is 5.69 Å². The van der Waals surface area contributed by atoms with Gasteiger partial charge in [-0.15, -0.1) is 0 Å². The maximum absolute atomic E-state index is 13.6. The summed E-state index contributed by atoms with van der Waals surface area (Å²) in [7, 11) is 1.73. The van der Waals surface area contributed by atoms with Gasteiger partial charge in [-0.05, 0) is 37.8 Å². The molecule has 21 heavy (non-hydrogen) atoms. The summed E-state index contributed by atoms with van der Waals surface area (Å²) in [6.45, 7) is 0. The van der Waals surface area contributed by atoms with Gasteiger partial charge >= 0.3 is 6.03 Å². The van der Waals surface area contributed by atoms with Crippen LogP contribution in [0.15, 0.2) is 18.2 Å². The first-order chi connectivity index (χ1) is 10.0. The van der Waals surface area contributed by atoms with Gasteiger partial charge in [0.1, 0.15) is 11.6 Å². The van der Waals surface area contributed by atoms with Crippen LogP contribution in [0.2, 0.25) is 0 Å². The summed E-state index contributed by atoms with van der Waals surface area (Å²) in [6.07, 6.45) is 4.16. The number of urea groups is 1. The number of anilines is 1. The largest absolute Gasteiger partial charge is 0.324 e. The maximum Gasteiger partial charge on any atom is 0.321 e. The zero-order chi connectivity index (χ0) is 15.0. The van der Waals surface area contributed by atoms with E-state index < -0.39 is 11.6 Å². The Morgan fingerprint density at radius 2 is 1.95 bits per heavy atom. The standard InChI is InChI=1S/C15H19F2N3O/c1-20(12-7-10-3-4-11(8-12)18-10)15(21)19-14-5-2-9(16)6-13(14)17/h2,5-6,10-12,18H,3-4,7-8H2,1H3,(H,19,21). The highest BCUT2D eigenvalue weighted by Crippen LogP contribution is 2.29. The van der Waals surface area contributed by atoms with Crippen molar-refractivity contribution < 1.29 is 13.6 Å². The normalized spacial score (nSPS) is 27.5. The molecule has 0 saturated carbocycles. The van der Waals surface area contributed by atoms with Crippen LogP contribution in [-0.2, 0) is 0 Å². The zero-order valence-electron chi connectivity index (χ0n) is 11.9. The molecule has 2 fully saturated rings. The van der Waals surface area contributed by atoms with Gasteiger partial charge in [-0.1, -0.05) is 0 Å². The number of benzene rings is 1. The Morgan fingerprint density at radius 3 is 2.57 bits per heavy atom. The van der Waals surface area contributed by atoms with Gasteiger partial charge in [0.2, 0.25) is 0 Å². The molecule has 1 aromatic carbocycles. The lowest BCUT2D eigenvalue weighted by atomic mass is 9.99. The molecule has 2 aliphatic heterocycles. The molecule has 0 spiro atoms. The number of nitrogens with zero attached hydrogens (tertiary/aromatic N) is 1. The number of hydrogen-bond acceptors (Lipinski definition) is 2. The molecule has 2 heterocycles. The average Bonchev–Trinajstić information content (AvgIpc) is 2.79. The predicted octanol–water partition coefficient (Wildman–Crippen LogP) is 2.71. The van der Waals surface area contributed by atoms with Gasteiger partial charge < -0.3 is 15.5 Å². The summed E-state index contributed by atoms with van der Waals surface area (Å²) in [5.41, 5.74) is 0.00477. The van der Waals surface area contributed by atoms with E-state index in [1.54, 1.807) is 11.9 Å². The minimum absolute atomic E-state index is 0.00477. The molecule has 2 amide bonds. The van der Waals surface area contributed by atoms with Crippen molar-refractivity contribution in [2.45, 2.75) is 43.8 Å². The van der Waals surface area contributed by atoms with Crippen LogP contribution in [0.3, 0.4) is 0 Å². The van der Waals surface area contributed by atoms with E-state index in [9.17, 15) is 13.6 Å². The minimum atomic E-state index is -0.762. The van der Waals surface area contributed by atoms with Crippen molar-refractivity contribution in [1.29, 1.82) is 0 Å². The van der Waals surface area contributed by atoms with Crippen LogP contribution in [0.1, 0.15) is 25.7 Å². The summed E-state index contributed by atoms with van der Waals surface area (Å²) < 4.78 is 26.4. The number of carbonyl (C=O) groups excluding carboxylic acids is 1. The van der Waals surface area contributed by atoms with Crippen molar-refractivity contribution in [3.8, 4) is 0 Å². The number of hydrogen-bond donors (Lipinski definition) is 2. The van der Waals surface area contributed by atoms with Crippen molar-refractivity contribution in [3.63, 3.8) is 0 Å². The summed E-state index contributed by atoms with van der Waals surface area (Å²) in [6, 6.07) is 3.89. The number of fused-ring (bicyclic) bond motifs is 2. The smallest absolute Gasteiger partial charge is 0.321 e. The molecule has 2 atom stereocenters. The Hall–Kier alpha value is -1.69. The van der Waals surface area contributed by atoms with E-state index in [-0.39, 0.29) is 17.8 Å². The highest BCUT2D eigenvalue weighted by Gasteiger charge is 2.36. The lowest BCUT2D eigenvalue weighted by Crippen LogP contribution is -2.49. The zero-order valence-corrected chi connectivity index (χ0v) is 11.9. The molecule has 4 nitrogen and oxygen atoms in total. The molecular weight excluding hydrogens is 276 g/mol. The second kappa shape index (κ2) is 5.60. The molecule has 2 N–H and O–H groups in total. The third kappa shape index (κ3) is 3.00. The molecule has 3 rings (SSSR count). The second-order valence-electron chi connectivity index (χ2n) is 5.93. The second-order valence-corrected chi connectivity index (χ2v) is 5.93. The summed E-state index contributed by atoms with van der Waals surface area (Å²) in [5.74, 6) is -1.42. The van der Waals surface area contributed by atoms with E-state index in [0.29, 0.717) is 12.1 Å². The lowest BCUT2D eigenvalue weighted by molar-refractivity contribution is 0.176. The van der Waals surface area contributed by atoms with Crippen molar-refractivity contribution in [3.05, 3.63) is 29.8 Å². The molecule has 0 radical (unpaired) electrons. The minimum Gasteiger partial charge on any atom is -0.324 e. The van der Waals surface area contributed by atoms with Gasteiger partial charge in [-0.2, -0.15) is 0 Å². The molecule has 2 aliphatic rings. The monoisotopic (exact) mass is 295 g/mol. The molecule has 2 saturated heterocycles. The maximum atomic E-state index is 13.6. The summed E-state index contributed by atoms with van der Waals surface area (Å²) in [4.78, 5) is 13.9. The van der Waals surface area contributed by atoms with E-state index in [0.717, 1.165) is 37.8 Å². The van der Waals surface area contributed by atoms with Gasteiger partial charge in [-0.3, -0.25) is 0 Å². The Labute approximate surface area is 122 Å². The van der Waals surface area contributed by atoms with Crippen LogP contribution in [0.4, 0.5) is 19.3 Å². The molecule has 114 valence electrons. The van der Waals surface area contributed by atoms with Crippen LogP contribution in [-0.4, -0.2) is 36.1 Å². The fourth-order valence-corrected chi connectivity index (χ4v) is 3.30. The fraction of sp³-hybridized carbons (Fsp3) is 0.533. The number of piperidine rings is 1. The summed E-state index contributed by atoms with van der Waals surface area (Å²) in [5, 5.41) is 6.03. The Kier molecular flexibility index (Phi) is 3.80. The average molecular weight is 295 g/mol. The molecular formula is C15H19F2N3O. The number of rotatable bonds is 2. The predicted molar refractivity (Wildman–Crippen MR) is 76.1 cm³/mol. The molecule has 6 heteroatoms. The van der Waals surface area contributed by atoms with E-state index in [1.165, 1.54) is 6.07 Å². The molecule has 0 aliphatic carbocycles. The van der Waals surface area contributed by atoms with Gasteiger partial charge in [-0.25, -0.2) is 13.6 Å². The quantitative estimate of drug-likeness (QED) is 0.881. The van der Waals surface area contributed by atoms with Crippen molar-refractivity contribution >= 4 is 11.7 Å². The van der Waals surface area contributed by atoms with Crippen LogP contribution in [0.25, 0.3) is 0 Å². The van der Waals surface area contributed by atoms with Crippen molar-refractivity contribution in [1.82, 2.24) is 10.2 Å². The third-order valence-electron chi connectivity index (χ3n) is 4.49. The highest BCUT2D eigenvalue weighted by molar-refractivity contribution is 5.89. The number of nitrogens with one attached hydrogen (secondary N) is 2. The van der Waals surface area contributed by atoms with E-state index >= 15 is 0 Å². The lowest BCUT2D eigenvalue weighted by Gasteiger charge is -2.35. The number of halogens is 2. The Bertz CT molecular complexity index is 540. The van der Waals surface area contributed by atoms with Crippen molar-refractivity contribution in [2.24, 2.45) is 0 Å². The Balaban J connectivity index is 1.64. The molecule has 2 unspecified atom stereocenters. The molecule has 2 bridgehead atoms. The SMILES string of the molecule is CN(C(=O)Nc1ccc(F)cc1F)C1CC2CCC(C1)N2. The first kappa shape index (κ1) is 14.3.